The second kappa shape index (κ2) is 9.72. The maximum Gasteiger partial charge on any atom is 0.277 e. The Labute approximate surface area is 190 Å². The lowest BCUT2D eigenvalue weighted by Gasteiger charge is -2.55. The summed E-state index contributed by atoms with van der Waals surface area (Å²) in [6, 6.07) is 14.0. The van der Waals surface area contributed by atoms with Crippen molar-refractivity contribution in [2.75, 3.05) is 32.4 Å². The molecule has 4 rings (SSSR count). The number of hydrogen-bond acceptors (Lipinski definition) is 7. The monoisotopic (exact) mass is 485 g/mol. The summed E-state index contributed by atoms with van der Waals surface area (Å²) in [5.74, 6) is 0.629. The van der Waals surface area contributed by atoms with Crippen molar-refractivity contribution < 1.29 is 21.4 Å². The third-order valence-electron chi connectivity index (χ3n) is 6.34. The van der Waals surface area contributed by atoms with E-state index in [1.165, 1.54) is 16.3 Å². The van der Waals surface area contributed by atoms with E-state index >= 15 is 0 Å². The normalized spacial score (nSPS) is 26.3. The van der Waals surface area contributed by atoms with Crippen molar-refractivity contribution >= 4 is 20.3 Å². The van der Waals surface area contributed by atoms with Gasteiger partial charge in [0.25, 0.3) is 20.3 Å². The molecule has 0 aromatic heterocycles. The van der Waals surface area contributed by atoms with Crippen molar-refractivity contribution in [1.82, 2.24) is 14.5 Å². The summed E-state index contributed by atoms with van der Waals surface area (Å²) in [6.45, 7) is 2.44. The molecule has 0 unspecified atom stereocenters. The van der Waals surface area contributed by atoms with Gasteiger partial charge >= 0.3 is 0 Å². The first-order valence-corrected chi connectivity index (χ1v) is 13.9. The molecule has 2 aliphatic heterocycles. The zero-order valence-electron chi connectivity index (χ0n) is 18.1. The summed E-state index contributed by atoms with van der Waals surface area (Å²) in [6.07, 6.45) is 4.32. The number of benzene rings is 1. The maximum atomic E-state index is 11.5. The number of hydrogen-bond donors (Lipinski definition) is 3. The molecule has 1 aromatic carbocycles. The van der Waals surface area contributed by atoms with Gasteiger partial charge in [0.2, 0.25) is 0 Å². The maximum absolute atomic E-state index is 11.5. The van der Waals surface area contributed by atoms with Crippen LogP contribution in [-0.4, -0.2) is 80.7 Å². The first kappa shape index (κ1) is 25.0. The molecule has 178 valence electrons. The number of nitrogens with one attached hydrogen (secondary N) is 1. The molecular weight excluding hydrogens is 454 g/mol. The van der Waals surface area contributed by atoms with E-state index in [4.69, 9.17) is 9.69 Å². The molecule has 2 heterocycles. The third-order valence-corrected chi connectivity index (χ3v) is 7.32. The Morgan fingerprint density at radius 1 is 1.19 bits per heavy atom. The lowest BCUT2D eigenvalue weighted by atomic mass is 9.84. The van der Waals surface area contributed by atoms with Crippen LogP contribution in [0.25, 0.3) is 0 Å². The van der Waals surface area contributed by atoms with Gasteiger partial charge in [0.05, 0.1) is 24.3 Å². The van der Waals surface area contributed by atoms with Crippen LogP contribution < -0.4 is 10.5 Å². The molecule has 0 bridgehead atoms. The number of nitrogens with zero attached hydrogens (tertiary/aromatic N) is 3. The van der Waals surface area contributed by atoms with E-state index in [0.29, 0.717) is 43.8 Å². The molecule has 32 heavy (non-hydrogen) atoms. The average Bonchev–Trinajstić information content (AvgIpc) is 3.43. The van der Waals surface area contributed by atoms with Crippen molar-refractivity contribution in [3.05, 3.63) is 35.9 Å². The fourth-order valence-electron chi connectivity index (χ4n) is 4.63. The van der Waals surface area contributed by atoms with Crippen molar-refractivity contribution in [3.63, 3.8) is 0 Å². The first-order valence-electron chi connectivity index (χ1n) is 10.5. The Morgan fingerprint density at radius 2 is 1.75 bits per heavy atom. The second-order valence-electron chi connectivity index (χ2n) is 8.89. The highest BCUT2D eigenvalue weighted by molar-refractivity contribution is 7.86. The number of likely N-dealkylation sites (tertiary alicyclic amines) is 1. The Morgan fingerprint density at radius 3 is 2.25 bits per heavy atom. The molecule has 0 spiro atoms. The molecule has 2 atom stereocenters. The van der Waals surface area contributed by atoms with E-state index in [1.807, 2.05) is 0 Å². The molecule has 4 N–H and O–H groups in total. The van der Waals surface area contributed by atoms with Crippen LogP contribution in [0.5, 0.6) is 0 Å². The minimum absolute atomic E-state index is 0.330. The minimum Gasteiger partial charge on any atom is -0.311 e. The van der Waals surface area contributed by atoms with Crippen molar-refractivity contribution in [3.8, 4) is 6.07 Å². The van der Waals surface area contributed by atoms with Gasteiger partial charge in [0.1, 0.15) is 0 Å². The Hall–Kier alpha value is -1.59. The van der Waals surface area contributed by atoms with Gasteiger partial charge in [0, 0.05) is 44.2 Å². The SMILES string of the molecule is CS(=O)(=O)O.N#CCC1(N2CCC(N[C@@H]3C[C@H]3c3ccccc3)CC2)CN(S(N)(=O)=O)C1. The molecule has 2 saturated heterocycles. The lowest BCUT2D eigenvalue weighted by Crippen LogP contribution is -2.73. The van der Waals surface area contributed by atoms with Crippen molar-refractivity contribution in [2.24, 2.45) is 5.14 Å². The third kappa shape index (κ3) is 6.71. The predicted octanol–water partition coefficient (Wildman–Crippen LogP) is 0.272. The summed E-state index contributed by atoms with van der Waals surface area (Å²) in [7, 11) is -7.33. The summed E-state index contributed by atoms with van der Waals surface area (Å²) in [4.78, 5) is 2.30. The van der Waals surface area contributed by atoms with Crippen LogP contribution in [0.15, 0.2) is 30.3 Å². The fraction of sp³-hybridized carbons (Fsp3) is 0.650. The molecule has 1 saturated carbocycles. The Kier molecular flexibility index (Phi) is 7.61. The van der Waals surface area contributed by atoms with Crippen molar-refractivity contribution in [1.29, 1.82) is 5.26 Å². The van der Waals surface area contributed by atoms with E-state index in [9.17, 15) is 22.1 Å². The van der Waals surface area contributed by atoms with Gasteiger partial charge in [-0.05, 0) is 24.8 Å². The first-order chi connectivity index (χ1) is 14.9. The largest absolute Gasteiger partial charge is 0.311 e. The molecule has 10 nitrogen and oxygen atoms in total. The van der Waals surface area contributed by atoms with Gasteiger partial charge in [-0.3, -0.25) is 9.45 Å². The van der Waals surface area contributed by atoms with Gasteiger partial charge in [0.15, 0.2) is 0 Å². The molecule has 3 fully saturated rings. The topological polar surface area (TPSA) is 157 Å². The number of piperidine rings is 1. The Balaban J connectivity index is 0.000000523. The van der Waals surface area contributed by atoms with Crippen LogP contribution in [0.4, 0.5) is 0 Å². The Bertz CT molecular complexity index is 1020. The fourth-order valence-corrected chi connectivity index (χ4v) is 5.47. The van der Waals surface area contributed by atoms with Gasteiger partial charge in [-0.2, -0.15) is 26.4 Å². The standard InChI is InChI=1S/C19H27N5O2S.CH4O3S/c20-9-8-19(13-24(14-19)27(21,25)26)23-10-6-16(7-11-23)22-18-12-17(18)15-4-2-1-3-5-15;1-5(2,3)4/h1-5,16-18,22H,6-8,10-14H2,(H2,21,25,26);1H3,(H,2,3,4)/t17-,18+;/m0./s1. The van der Waals surface area contributed by atoms with Gasteiger partial charge in [-0.1, -0.05) is 30.3 Å². The van der Waals surface area contributed by atoms with Crippen LogP contribution in [0, 0.1) is 11.3 Å². The van der Waals surface area contributed by atoms with E-state index in [-0.39, 0.29) is 5.54 Å². The van der Waals surface area contributed by atoms with E-state index in [1.54, 1.807) is 0 Å². The van der Waals surface area contributed by atoms with Crippen LogP contribution in [0.2, 0.25) is 0 Å². The summed E-state index contributed by atoms with van der Waals surface area (Å²) in [5, 5.41) is 18.2. The molecular formula is C20H31N5O5S2. The number of nitriles is 1. The van der Waals surface area contributed by atoms with Crippen LogP contribution in [0.1, 0.15) is 37.2 Å². The summed E-state index contributed by atoms with van der Waals surface area (Å²) in [5.41, 5.74) is 1.05. The highest BCUT2D eigenvalue weighted by Gasteiger charge is 2.51. The van der Waals surface area contributed by atoms with E-state index < -0.39 is 20.3 Å². The van der Waals surface area contributed by atoms with E-state index in [2.05, 4.69) is 46.6 Å². The summed E-state index contributed by atoms with van der Waals surface area (Å²) < 4.78 is 50.2. The zero-order valence-corrected chi connectivity index (χ0v) is 19.7. The molecule has 3 aliphatic rings. The van der Waals surface area contributed by atoms with Gasteiger partial charge in [-0.15, -0.1) is 0 Å². The average molecular weight is 486 g/mol. The molecule has 0 amide bonds. The smallest absolute Gasteiger partial charge is 0.277 e. The lowest BCUT2D eigenvalue weighted by molar-refractivity contribution is -0.0255. The highest BCUT2D eigenvalue weighted by Crippen LogP contribution is 2.41. The molecule has 12 heteroatoms. The van der Waals surface area contributed by atoms with Crippen LogP contribution in [-0.2, 0) is 20.3 Å². The predicted molar refractivity (Wildman–Crippen MR) is 120 cm³/mol. The second-order valence-corrected chi connectivity index (χ2v) is 11.9. The highest BCUT2D eigenvalue weighted by atomic mass is 32.2. The van der Waals surface area contributed by atoms with Crippen LogP contribution >= 0.6 is 0 Å². The zero-order chi connectivity index (χ0) is 23.6. The van der Waals surface area contributed by atoms with Gasteiger partial charge in [-0.25, -0.2) is 5.14 Å². The van der Waals surface area contributed by atoms with Crippen molar-refractivity contribution in [2.45, 2.75) is 49.2 Å². The molecule has 1 aromatic rings. The van der Waals surface area contributed by atoms with Crippen LogP contribution in [0.3, 0.4) is 0 Å². The summed E-state index contributed by atoms with van der Waals surface area (Å²) >= 11 is 0. The molecule has 1 aliphatic carbocycles. The van der Waals surface area contributed by atoms with Gasteiger partial charge < -0.3 is 5.32 Å². The number of nitrogens with two attached hydrogens (primary N) is 1. The minimum atomic E-state index is -3.67. The number of rotatable bonds is 6. The molecule has 0 radical (unpaired) electrons. The van der Waals surface area contributed by atoms with E-state index in [0.717, 1.165) is 25.9 Å². The quantitative estimate of drug-likeness (QED) is 0.485.